The zero-order chi connectivity index (χ0) is 24.6. The fourth-order valence-corrected chi connectivity index (χ4v) is 4.27. The standard InChI is InChI=1S/2C10H10N4O2S.Ag/c2*11-8-2-4-9(5-3-8)17(15,16)14-10-12-6-1-7-13-10;/h2*1-7H,11H2,(H,12,13,14);. The molecule has 0 atom stereocenters. The van der Waals surface area contributed by atoms with Crippen LogP contribution in [0.25, 0.3) is 0 Å². The van der Waals surface area contributed by atoms with E-state index in [1.54, 1.807) is 12.1 Å². The van der Waals surface area contributed by atoms with E-state index in [1.807, 2.05) is 0 Å². The van der Waals surface area contributed by atoms with E-state index in [1.165, 1.54) is 73.3 Å². The van der Waals surface area contributed by atoms with Gasteiger partial charge in [-0.25, -0.2) is 46.2 Å². The van der Waals surface area contributed by atoms with Crippen molar-refractivity contribution < 1.29 is 39.2 Å². The van der Waals surface area contributed by atoms with E-state index in [0.29, 0.717) is 11.4 Å². The van der Waals surface area contributed by atoms with Crippen molar-refractivity contribution >= 4 is 43.3 Å². The summed E-state index contributed by atoms with van der Waals surface area (Å²) in [7, 11) is -7.32. The maximum absolute atomic E-state index is 11.9. The van der Waals surface area contributed by atoms with Gasteiger partial charge in [-0.05, 0) is 60.7 Å². The molecule has 35 heavy (non-hydrogen) atoms. The molecule has 0 spiro atoms. The summed E-state index contributed by atoms with van der Waals surface area (Å²) in [5.41, 5.74) is 12.0. The van der Waals surface area contributed by atoms with E-state index in [2.05, 4.69) is 29.4 Å². The van der Waals surface area contributed by atoms with Gasteiger partial charge in [0, 0.05) is 58.5 Å². The zero-order valence-electron chi connectivity index (χ0n) is 17.8. The molecule has 0 amide bonds. The quantitative estimate of drug-likeness (QED) is 0.185. The molecule has 4 aromatic rings. The normalized spacial score (nSPS) is 10.7. The Morgan fingerprint density at radius 3 is 1.11 bits per heavy atom. The Labute approximate surface area is 217 Å². The average Bonchev–Trinajstić information content (AvgIpc) is 2.81. The van der Waals surface area contributed by atoms with Gasteiger partial charge in [-0.2, -0.15) is 0 Å². The molecule has 2 heterocycles. The fourth-order valence-electron chi connectivity index (χ4n) is 2.36. The van der Waals surface area contributed by atoms with E-state index >= 15 is 0 Å². The predicted octanol–water partition coefficient (Wildman–Crippen LogP) is 1.72. The number of benzene rings is 2. The molecule has 0 aliphatic heterocycles. The largest absolute Gasteiger partial charge is 0.399 e. The van der Waals surface area contributed by atoms with Gasteiger partial charge in [0.25, 0.3) is 20.0 Å². The summed E-state index contributed by atoms with van der Waals surface area (Å²) >= 11 is 0. The number of nitrogens with two attached hydrogens (primary N) is 2. The second-order valence-corrected chi connectivity index (χ2v) is 9.86. The monoisotopic (exact) mass is 607 g/mol. The molecule has 1 radical (unpaired) electrons. The first-order valence-electron chi connectivity index (χ1n) is 9.46. The Morgan fingerprint density at radius 1 is 0.543 bits per heavy atom. The smallest absolute Gasteiger partial charge is 0.264 e. The Bertz CT molecular complexity index is 1310. The van der Waals surface area contributed by atoms with Crippen molar-refractivity contribution in [3.05, 3.63) is 85.5 Å². The van der Waals surface area contributed by atoms with Gasteiger partial charge in [0.2, 0.25) is 11.9 Å². The molecule has 2 aromatic carbocycles. The van der Waals surface area contributed by atoms with Crippen LogP contribution in [0, 0.1) is 0 Å². The summed E-state index contributed by atoms with van der Waals surface area (Å²) in [6.45, 7) is 0. The van der Waals surface area contributed by atoms with E-state index < -0.39 is 20.0 Å². The van der Waals surface area contributed by atoms with Crippen LogP contribution >= 0.6 is 0 Å². The fraction of sp³-hybridized carbons (Fsp3) is 0. The van der Waals surface area contributed by atoms with Crippen LogP contribution in [-0.4, -0.2) is 36.8 Å². The van der Waals surface area contributed by atoms with Crippen molar-refractivity contribution in [3.8, 4) is 0 Å². The molecule has 0 aliphatic rings. The third-order valence-corrected chi connectivity index (χ3v) is 6.65. The van der Waals surface area contributed by atoms with Crippen molar-refractivity contribution in [3.63, 3.8) is 0 Å². The molecule has 0 saturated carbocycles. The Hall–Kier alpha value is -3.56. The number of hydrogen-bond acceptors (Lipinski definition) is 10. The SMILES string of the molecule is Nc1ccc(S(=O)(=O)Nc2ncccn2)cc1.Nc1ccc(S(=O)(=O)Nc2ncccn2)cc1.[Ag]. The first kappa shape index (κ1) is 27.7. The number of hydrogen-bond donors (Lipinski definition) is 4. The van der Waals surface area contributed by atoms with Crippen molar-refractivity contribution in [1.29, 1.82) is 0 Å². The van der Waals surface area contributed by atoms with Gasteiger partial charge < -0.3 is 11.5 Å². The van der Waals surface area contributed by atoms with Crippen LogP contribution in [0.1, 0.15) is 0 Å². The Kier molecular flexibility index (Phi) is 9.68. The Balaban J connectivity index is 0.000000240. The van der Waals surface area contributed by atoms with Gasteiger partial charge in [-0.1, -0.05) is 0 Å². The van der Waals surface area contributed by atoms with Crippen LogP contribution < -0.4 is 20.9 Å². The van der Waals surface area contributed by atoms with Gasteiger partial charge in [0.05, 0.1) is 9.79 Å². The maximum atomic E-state index is 11.9. The summed E-state index contributed by atoms with van der Waals surface area (Å²) in [5, 5.41) is 0. The van der Waals surface area contributed by atoms with Crippen molar-refractivity contribution in [1.82, 2.24) is 19.9 Å². The molecule has 15 heteroatoms. The van der Waals surface area contributed by atoms with E-state index in [9.17, 15) is 16.8 Å². The van der Waals surface area contributed by atoms with Crippen molar-refractivity contribution in [2.45, 2.75) is 9.79 Å². The predicted molar refractivity (Wildman–Crippen MR) is 127 cm³/mol. The molecule has 0 bridgehead atoms. The molecule has 0 unspecified atom stereocenters. The third-order valence-electron chi connectivity index (χ3n) is 3.96. The molecular weight excluding hydrogens is 588 g/mol. The third kappa shape index (κ3) is 8.31. The Morgan fingerprint density at radius 2 is 0.829 bits per heavy atom. The van der Waals surface area contributed by atoms with Crippen LogP contribution in [-0.2, 0) is 42.4 Å². The molecule has 4 rings (SSSR count). The minimum absolute atomic E-state index is 0. The molecule has 0 saturated heterocycles. The van der Waals surface area contributed by atoms with Gasteiger partial charge in [-0.3, -0.25) is 0 Å². The molecule has 0 aliphatic carbocycles. The average molecular weight is 608 g/mol. The maximum Gasteiger partial charge on any atom is 0.264 e. The molecule has 6 N–H and O–H groups in total. The molecule has 12 nitrogen and oxygen atoms in total. The van der Waals surface area contributed by atoms with Crippen LogP contribution in [0.15, 0.2) is 95.2 Å². The van der Waals surface area contributed by atoms with E-state index in [0.717, 1.165) is 0 Å². The topological polar surface area (TPSA) is 196 Å². The van der Waals surface area contributed by atoms with Crippen LogP contribution in [0.2, 0.25) is 0 Å². The van der Waals surface area contributed by atoms with Crippen LogP contribution in [0.5, 0.6) is 0 Å². The summed E-state index contributed by atoms with van der Waals surface area (Å²) in [5.74, 6) is 0.0636. The minimum atomic E-state index is -3.66. The molecular formula is C20H20AgN8O4S2. The number of nitrogens with one attached hydrogen (secondary N) is 2. The van der Waals surface area contributed by atoms with Gasteiger partial charge >= 0.3 is 0 Å². The van der Waals surface area contributed by atoms with E-state index in [-0.39, 0.29) is 44.1 Å². The zero-order valence-corrected chi connectivity index (χ0v) is 20.9. The molecule has 0 fully saturated rings. The summed E-state index contributed by atoms with van der Waals surface area (Å²) in [6, 6.07) is 14.9. The number of nitrogens with zero attached hydrogens (tertiary/aromatic N) is 4. The van der Waals surface area contributed by atoms with Crippen LogP contribution in [0.3, 0.4) is 0 Å². The van der Waals surface area contributed by atoms with Gasteiger partial charge in [0.1, 0.15) is 0 Å². The van der Waals surface area contributed by atoms with Crippen LogP contribution in [0.4, 0.5) is 23.3 Å². The number of nitrogen functional groups attached to an aromatic ring is 2. The number of rotatable bonds is 6. The summed E-state index contributed by atoms with van der Waals surface area (Å²) < 4.78 is 52.1. The number of aromatic nitrogens is 4. The second kappa shape index (κ2) is 12.2. The van der Waals surface area contributed by atoms with Crippen molar-refractivity contribution in [2.24, 2.45) is 0 Å². The van der Waals surface area contributed by atoms with Crippen molar-refractivity contribution in [2.75, 3.05) is 20.9 Å². The second-order valence-electron chi connectivity index (χ2n) is 6.49. The summed E-state index contributed by atoms with van der Waals surface area (Å²) in [4.78, 5) is 15.3. The first-order valence-corrected chi connectivity index (χ1v) is 12.4. The number of anilines is 4. The summed E-state index contributed by atoms with van der Waals surface area (Å²) in [6.07, 6.45) is 5.81. The molecule has 2 aromatic heterocycles. The van der Waals surface area contributed by atoms with E-state index in [4.69, 9.17) is 11.5 Å². The van der Waals surface area contributed by atoms with Gasteiger partial charge in [0.15, 0.2) is 0 Å². The first-order chi connectivity index (χ1) is 16.2. The van der Waals surface area contributed by atoms with Gasteiger partial charge in [-0.15, -0.1) is 0 Å². The minimum Gasteiger partial charge on any atom is -0.399 e. The number of sulfonamides is 2. The molecule has 187 valence electrons.